The Balaban J connectivity index is 2.86. The lowest BCUT2D eigenvalue weighted by Crippen LogP contribution is -2.45. The maximum atomic E-state index is 11.5. The zero-order valence-electron chi connectivity index (χ0n) is 8.84. The van der Waals surface area contributed by atoms with Gasteiger partial charge in [-0.25, -0.2) is 9.97 Å². The summed E-state index contributed by atoms with van der Waals surface area (Å²) in [4.78, 5) is 19.4. The van der Waals surface area contributed by atoms with E-state index in [1.807, 2.05) is 0 Å². The third-order valence-electron chi connectivity index (χ3n) is 1.63. The molecule has 15 heavy (non-hydrogen) atoms. The summed E-state index contributed by atoms with van der Waals surface area (Å²) in [6.07, 6.45) is 0. The summed E-state index contributed by atoms with van der Waals surface area (Å²) in [6.45, 7) is 4.95. The van der Waals surface area contributed by atoms with E-state index in [2.05, 4.69) is 15.3 Å². The Hall–Kier alpha value is -1.20. The molecular weight excluding hydrogens is 216 g/mol. The molecule has 1 aromatic heterocycles. The molecule has 0 atom stereocenters. The van der Waals surface area contributed by atoms with Gasteiger partial charge in [-0.15, -0.1) is 0 Å². The number of carbonyl (C=O) groups is 1. The molecule has 1 aromatic rings. The second kappa shape index (κ2) is 4.12. The van der Waals surface area contributed by atoms with Gasteiger partial charge in [-0.1, -0.05) is 11.6 Å². The summed E-state index contributed by atoms with van der Waals surface area (Å²) >= 11 is 5.71. The Bertz CT molecular complexity index is 366. The smallest absolute Gasteiger partial charge is 0.246 e. The van der Waals surface area contributed by atoms with Crippen LogP contribution in [0.5, 0.6) is 0 Å². The lowest BCUT2D eigenvalue weighted by Gasteiger charge is -2.16. The Morgan fingerprint density at radius 2 is 2.13 bits per heavy atom. The fourth-order valence-electron chi connectivity index (χ4n) is 0.849. The number of hydrogen-bond acceptors (Lipinski definition) is 4. The minimum absolute atomic E-state index is 0.170. The van der Waals surface area contributed by atoms with Gasteiger partial charge in [0.1, 0.15) is 5.15 Å². The quantitative estimate of drug-likeness (QED) is 0.744. The average Bonchev–Trinajstić information content (AvgIpc) is 1.99. The summed E-state index contributed by atoms with van der Waals surface area (Å²) in [6, 6.07) is 1.60. The van der Waals surface area contributed by atoms with Gasteiger partial charge in [0, 0.05) is 5.69 Å². The van der Waals surface area contributed by atoms with E-state index in [1.54, 1.807) is 26.8 Å². The predicted molar refractivity (Wildman–Crippen MR) is 58.7 cm³/mol. The Kier molecular flexibility index (Phi) is 3.26. The van der Waals surface area contributed by atoms with Crippen molar-refractivity contribution in [1.29, 1.82) is 0 Å². The molecule has 0 saturated carbocycles. The maximum Gasteiger partial charge on any atom is 0.246 e. The largest absolute Gasteiger partial charge is 0.318 e. The van der Waals surface area contributed by atoms with Crippen LogP contribution < -0.4 is 11.1 Å². The topological polar surface area (TPSA) is 80.9 Å². The van der Waals surface area contributed by atoms with Crippen LogP contribution in [0.1, 0.15) is 19.5 Å². The molecule has 0 aliphatic rings. The average molecular weight is 229 g/mol. The highest BCUT2D eigenvalue weighted by atomic mass is 35.5. The first-order valence-electron chi connectivity index (χ1n) is 4.40. The molecule has 1 rings (SSSR count). The number of nitrogens with two attached hydrogens (primary N) is 1. The number of nitrogens with one attached hydrogen (secondary N) is 1. The SMILES string of the molecule is Cc1cc(Cl)nc(NC(=O)C(C)(C)N)n1. The van der Waals surface area contributed by atoms with E-state index in [0.717, 1.165) is 0 Å². The van der Waals surface area contributed by atoms with E-state index in [9.17, 15) is 4.79 Å². The van der Waals surface area contributed by atoms with E-state index in [1.165, 1.54) is 0 Å². The van der Waals surface area contributed by atoms with E-state index < -0.39 is 5.54 Å². The highest BCUT2D eigenvalue weighted by Gasteiger charge is 2.22. The van der Waals surface area contributed by atoms with Gasteiger partial charge < -0.3 is 5.73 Å². The van der Waals surface area contributed by atoms with Gasteiger partial charge in [-0.3, -0.25) is 10.1 Å². The minimum atomic E-state index is -0.973. The number of hydrogen-bond donors (Lipinski definition) is 2. The van der Waals surface area contributed by atoms with Crippen LogP contribution in [0.4, 0.5) is 5.95 Å². The lowest BCUT2D eigenvalue weighted by molar-refractivity contribution is -0.120. The fourth-order valence-corrected chi connectivity index (χ4v) is 1.09. The molecule has 0 aliphatic heterocycles. The monoisotopic (exact) mass is 228 g/mol. The molecule has 1 amide bonds. The molecule has 3 N–H and O–H groups in total. The number of halogens is 1. The summed E-state index contributed by atoms with van der Waals surface area (Å²) in [5.41, 5.74) is 5.31. The molecule has 0 aromatic carbocycles. The number of carbonyl (C=O) groups excluding carboxylic acids is 1. The molecule has 0 bridgehead atoms. The van der Waals surface area contributed by atoms with Gasteiger partial charge >= 0.3 is 0 Å². The van der Waals surface area contributed by atoms with Crippen LogP contribution in [-0.4, -0.2) is 21.4 Å². The number of amides is 1. The normalized spacial score (nSPS) is 11.3. The molecule has 1 heterocycles. The predicted octanol–water partition coefficient (Wildman–Crippen LogP) is 1.11. The number of aryl methyl sites for hydroxylation is 1. The van der Waals surface area contributed by atoms with Crippen LogP contribution in [0, 0.1) is 6.92 Å². The zero-order chi connectivity index (χ0) is 11.6. The van der Waals surface area contributed by atoms with Crippen LogP contribution in [0.15, 0.2) is 6.07 Å². The molecule has 0 saturated heterocycles. The van der Waals surface area contributed by atoms with Crippen LogP contribution in [0.25, 0.3) is 0 Å². The molecule has 0 spiro atoms. The lowest BCUT2D eigenvalue weighted by atomic mass is 10.1. The van der Waals surface area contributed by atoms with Crippen molar-refractivity contribution in [3.63, 3.8) is 0 Å². The first-order valence-corrected chi connectivity index (χ1v) is 4.78. The van der Waals surface area contributed by atoms with E-state index in [0.29, 0.717) is 5.69 Å². The van der Waals surface area contributed by atoms with E-state index >= 15 is 0 Å². The molecule has 0 radical (unpaired) electrons. The Morgan fingerprint density at radius 1 is 1.53 bits per heavy atom. The number of rotatable bonds is 2. The standard InChI is InChI=1S/C9H13ClN4O/c1-5-4-6(10)13-8(12-5)14-7(15)9(2,3)11/h4H,11H2,1-3H3,(H,12,13,14,15). The van der Waals surface area contributed by atoms with Gasteiger partial charge in [0.05, 0.1) is 5.54 Å². The van der Waals surface area contributed by atoms with Gasteiger partial charge in [0.2, 0.25) is 11.9 Å². The van der Waals surface area contributed by atoms with Gasteiger partial charge in [0.15, 0.2) is 0 Å². The highest BCUT2D eigenvalue weighted by molar-refractivity contribution is 6.29. The van der Waals surface area contributed by atoms with Crippen molar-refractivity contribution in [2.45, 2.75) is 26.3 Å². The van der Waals surface area contributed by atoms with E-state index in [4.69, 9.17) is 17.3 Å². The zero-order valence-corrected chi connectivity index (χ0v) is 9.59. The van der Waals surface area contributed by atoms with Crippen LogP contribution in [0.2, 0.25) is 5.15 Å². The summed E-state index contributed by atoms with van der Waals surface area (Å²) in [7, 11) is 0. The highest BCUT2D eigenvalue weighted by Crippen LogP contribution is 2.10. The van der Waals surface area contributed by atoms with Gasteiger partial charge in [-0.2, -0.15) is 0 Å². The van der Waals surface area contributed by atoms with Crippen molar-refractivity contribution in [3.8, 4) is 0 Å². The van der Waals surface area contributed by atoms with Gasteiger partial charge in [-0.05, 0) is 26.8 Å². The molecule has 0 aliphatic carbocycles. The number of nitrogens with zero attached hydrogens (tertiary/aromatic N) is 2. The van der Waals surface area contributed by atoms with Crippen LogP contribution in [-0.2, 0) is 4.79 Å². The molecule has 82 valence electrons. The molecule has 0 fully saturated rings. The van der Waals surface area contributed by atoms with Crippen molar-refractivity contribution in [2.24, 2.45) is 5.73 Å². The van der Waals surface area contributed by atoms with Crippen molar-refractivity contribution >= 4 is 23.5 Å². The Morgan fingerprint density at radius 3 is 2.60 bits per heavy atom. The van der Waals surface area contributed by atoms with Crippen LogP contribution >= 0.6 is 11.6 Å². The summed E-state index contributed by atoms with van der Waals surface area (Å²) in [5, 5.41) is 2.78. The van der Waals surface area contributed by atoms with Gasteiger partial charge in [0.25, 0.3) is 0 Å². The number of anilines is 1. The van der Waals surface area contributed by atoms with Crippen molar-refractivity contribution in [1.82, 2.24) is 9.97 Å². The maximum absolute atomic E-state index is 11.5. The van der Waals surface area contributed by atoms with Crippen molar-refractivity contribution in [2.75, 3.05) is 5.32 Å². The van der Waals surface area contributed by atoms with Crippen molar-refractivity contribution < 1.29 is 4.79 Å². The molecule has 5 nitrogen and oxygen atoms in total. The summed E-state index contributed by atoms with van der Waals surface area (Å²) in [5.74, 6) is -0.187. The Labute approximate surface area is 93.0 Å². The molecule has 6 heteroatoms. The molecule has 0 unspecified atom stereocenters. The number of aromatic nitrogens is 2. The minimum Gasteiger partial charge on any atom is -0.318 e. The molecular formula is C9H13ClN4O. The van der Waals surface area contributed by atoms with E-state index in [-0.39, 0.29) is 17.0 Å². The second-order valence-electron chi connectivity index (χ2n) is 3.83. The third-order valence-corrected chi connectivity index (χ3v) is 1.83. The van der Waals surface area contributed by atoms with Crippen molar-refractivity contribution in [3.05, 3.63) is 16.9 Å². The first-order chi connectivity index (χ1) is 6.79. The summed E-state index contributed by atoms with van der Waals surface area (Å²) < 4.78 is 0. The fraction of sp³-hybridized carbons (Fsp3) is 0.444. The second-order valence-corrected chi connectivity index (χ2v) is 4.22. The van der Waals surface area contributed by atoms with Crippen LogP contribution in [0.3, 0.4) is 0 Å². The first kappa shape index (κ1) is 11.9. The third kappa shape index (κ3) is 3.45.